The van der Waals surface area contributed by atoms with Gasteiger partial charge < -0.3 is 14.0 Å². The van der Waals surface area contributed by atoms with Gasteiger partial charge in [-0.05, 0) is 43.7 Å². The van der Waals surface area contributed by atoms with Crippen molar-refractivity contribution in [2.75, 3.05) is 11.4 Å². The fraction of sp³-hybridized carbons (Fsp3) is 0.174. The molecule has 0 aliphatic carbocycles. The molecule has 0 radical (unpaired) electrons. The maximum atomic E-state index is 13.0. The quantitative estimate of drug-likeness (QED) is 0.487. The summed E-state index contributed by atoms with van der Waals surface area (Å²) in [7, 11) is 0. The molecule has 0 fully saturated rings. The summed E-state index contributed by atoms with van der Waals surface area (Å²) in [5.74, 6) is 0.910. The zero-order valence-corrected chi connectivity index (χ0v) is 16.4. The van der Waals surface area contributed by atoms with Crippen molar-refractivity contribution in [3.63, 3.8) is 0 Å². The van der Waals surface area contributed by atoms with Crippen LogP contribution in [0.4, 0.5) is 5.69 Å². The van der Waals surface area contributed by atoms with E-state index in [0.717, 1.165) is 16.8 Å². The van der Waals surface area contributed by atoms with Gasteiger partial charge >= 0.3 is 0 Å². The van der Waals surface area contributed by atoms with Crippen LogP contribution in [0.25, 0.3) is 23.0 Å². The van der Waals surface area contributed by atoms with Crippen LogP contribution >= 0.6 is 0 Å². The first-order valence-electron chi connectivity index (χ1n) is 9.57. The van der Waals surface area contributed by atoms with Crippen molar-refractivity contribution in [3.05, 3.63) is 78.5 Å². The third kappa shape index (κ3) is 3.96. The predicted molar refractivity (Wildman–Crippen MR) is 112 cm³/mol. The summed E-state index contributed by atoms with van der Waals surface area (Å²) in [5, 5.41) is 4.08. The molecular weight excluding hydrogens is 364 g/mol. The molecule has 2 aromatic heterocycles. The van der Waals surface area contributed by atoms with Crippen LogP contribution in [0.5, 0.6) is 0 Å². The van der Waals surface area contributed by atoms with E-state index in [1.54, 1.807) is 4.90 Å². The molecule has 146 valence electrons. The van der Waals surface area contributed by atoms with Crippen LogP contribution in [0.1, 0.15) is 12.5 Å². The second-order valence-electron chi connectivity index (χ2n) is 6.79. The highest BCUT2D eigenvalue weighted by Gasteiger charge is 2.19. The summed E-state index contributed by atoms with van der Waals surface area (Å²) >= 11 is 0. The SMILES string of the molecule is CCN(C(=O)Cn1cccc1-c1nc(-c2ccccc2)no1)c1cccc(C)c1. The Kier molecular flexibility index (Phi) is 5.24. The van der Waals surface area contributed by atoms with Crippen molar-refractivity contribution in [3.8, 4) is 23.0 Å². The lowest BCUT2D eigenvalue weighted by molar-refractivity contribution is -0.119. The molecule has 0 spiro atoms. The highest BCUT2D eigenvalue weighted by molar-refractivity contribution is 5.93. The van der Waals surface area contributed by atoms with E-state index in [4.69, 9.17) is 4.52 Å². The highest BCUT2D eigenvalue weighted by Crippen LogP contribution is 2.23. The zero-order chi connectivity index (χ0) is 20.2. The maximum absolute atomic E-state index is 13.0. The van der Waals surface area contributed by atoms with E-state index in [1.807, 2.05) is 91.3 Å². The molecule has 4 aromatic rings. The van der Waals surface area contributed by atoms with Gasteiger partial charge in [-0.1, -0.05) is 47.6 Å². The number of amides is 1. The summed E-state index contributed by atoms with van der Waals surface area (Å²) in [6, 6.07) is 21.4. The van der Waals surface area contributed by atoms with Gasteiger partial charge in [0.2, 0.25) is 11.7 Å². The second-order valence-corrected chi connectivity index (χ2v) is 6.79. The molecule has 0 aliphatic heterocycles. The Morgan fingerprint density at radius 3 is 2.66 bits per heavy atom. The number of carbonyl (C=O) groups is 1. The van der Waals surface area contributed by atoms with E-state index >= 15 is 0 Å². The minimum Gasteiger partial charge on any atom is -0.334 e. The highest BCUT2D eigenvalue weighted by atomic mass is 16.5. The third-order valence-corrected chi connectivity index (χ3v) is 4.74. The summed E-state index contributed by atoms with van der Waals surface area (Å²) < 4.78 is 7.30. The number of nitrogens with zero attached hydrogens (tertiary/aromatic N) is 4. The number of likely N-dealkylation sites (N-methyl/N-ethyl adjacent to an activating group) is 1. The Bertz CT molecular complexity index is 1110. The van der Waals surface area contributed by atoms with Crippen LogP contribution < -0.4 is 4.90 Å². The van der Waals surface area contributed by atoms with Gasteiger partial charge in [0.1, 0.15) is 12.2 Å². The Morgan fingerprint density at radius 1 is 1.07 bits per heavy atom. The predicted octanol–water partition coefficient (Wildman–Crippen LogP) is 4.57. The van der Waals surface area contributed by atoms with Crippen molar-refractivity contribution in [2.24, 2.45) is 0 Å². The first-order chi connectivity index (χ1) is 14.2. The number of benzene rings is 2. The number of aromatic nitrogens is 3. The topological polar surface area (TPSA) is 64.2 Å². The number of carbonyl (C=O) groups excluding carboxylic acids is 1. The lowest BCUT2D eigenvalue weighted by Crippen LogP contribution is -2.33. The molecule has 1 amide bonds. The maximum Gasteiger partial charge on any atom is 0.274 e. The van der Waals surface area contributed by atoms with E-state index in [9.17, 15) is 4.79 Å². The number of rotatable bonds is 6. The van der Waals surface area contributed by atoms with Gasteiger partial charge in [-0.2, -0.15) is 4.98 Å². The molecule has 0 N–H and O–H groups in total. The molecule has 29 heavy (non-hydrogen) atoms. The number of aryl methyl sites for hydroxylation is 1. The fourth-order valence-corrected chi connectivity index (χ4v) is 3.31. The minimum absolute atomic E-state index is 0.00153. The average molecular weight is 386 g/mol. The molecule has 6 heteroatoms. The summed E-state index contributed by atoms with van der Waals surface area (Å²) in [6.07, 6.45) is 1.85. The van der Waals surface area contributed by atoms with Crippen molar-refractivity contribution < 1.29 is 9.32 Å². The lowest BCUT2D eigenvalue weighted by atomic mass is 10.2. The monoisotopic (exact) mass is 386 g/mol. The summed E-state index contributed by atoms with van der Waals surface area (Å²) in [4.78, 5) is 19.3. The molecule has 0 aliphatic rings. The first kappa shape index (κ1) is 18.7. The van der Waals surface area contributed by atoms with Crippen LogP contribution in [0.15, 0.2) is 77.4 Å². The van der Waals surface area contributed by atoms with Gasteiger partial charge in [-0.3, -0.25) is 4.79 Å². The molecule has 4 rings (SSSR count). The Labute approximate surface area is 169 Å². The van der Waals surface area contributed by atoms with Crippen molar-refractivity contribution in [1.82, 2.24) is 14.7 Å². The van der Waals surface area contributed by atoms with E-state index in [-0.39, 0.29) is 12.5 Å². The van der Waals surface area contributed by atoms with E-state index < -0.39 is 0 Å². The Morgan fingerprint density at radius 2 is 1.90 bits per heavy atom. The van der Waals surface area contributed by atoms with E-state index in [2.05, 4.69) is 10.1 Å². The number of hydrogen-bond donors (Lipinski definition) is 0. The second kappa shape index (κ2) is 8.14. The average Bonchev–Trinajstić information content (AvgIpc) is 3.39. The van der Waals surface area contributed by atoms with Crippen LogP contribution in [-0.4, -0.2) is 27.2 Å². The number of hydrogen-bond acceptors (Lipinski definition) is 4. The minimum atomic E-state index is -0.00153. The van der Waals surface area contributed by atoms with Gasteiger partial charge in [0.25, 0.3) is 5.89 Å². The van der Waals surface area contributed by atoms with Crippen LogP contribution in [0, 0.1) is 6.92 Å². The smallest absolute Gasteiger partial charge is 0.274 e. The molecule has 2 heterocycles. The van der Waals surface area contributed by atoms with Gasteiger partial charge in [0.05, 0.1) is 0 Å². The van der Waals surface area contributed by atoms with Gasteiger partial charge in [0, 0.05) is 24.0 Å². The summed E-state index contributed by atoms with van der Waals surface area (Å²) in [6.45, 7) is 4.78. The van der Waals surface area contributed by atoms with E-state index in [1.165, 1.54) is 0 Å². The van der Waals surface area contributed by atoms with Crippen molar-refractivity contribution in [2.45, 2.75) is 20.4 Å². The molecule has 0 unspecified atom stereocenters. The van der Waals surface area contributed by atoms with E-state index in [0.29, 0.717) is 24.0 Å². The van der Waals surface area contributed by atoms with Crippen LogP contribution in [0.2, 0.25) is 0 Å². The summed E-state index contributed by atoms with van der Waals surface area (Å²) in [5.41, 5.74) is 3.62. The fourth-order valence-electron chi connectivity index (χ4n) is 3.31. The Balaban J connectivity index is 1.57. The van der Waals surface area contributed by atoms with Crippen molar-refractivity contribution in [1.29, 1.82) is 0 Å². The lowest BCUT2D eigenvalue weighted by Gasteiger charge is -2.22. The molecule has 0 saturated heterocycles. The van der Waals surface area contributed by atoms with Gasteiger partial charge in [-0.15, -0.1) is 0 Å². The first-order valence-corrected chi connectivity index (χ1v) is 9.57. The zero-order valence-electron chi connectivity index (χ0n) is 16.4. The molecule has 2 aromatic carbocycles. The third-order valence-electron chi connectivity index (χ3n) is 4.74. The molecule has 0 atom stereocenters. The standard InChI is InChI=1S/C23H22N4O2/c1-3-27(19-12-7-9-17(2)15-19)21(28)16-26-14-8-13-20(26)23-24-22(25-29-23)18-10-5-4-6-11-18/h4-15H,3,16H2,1-2H3. The van der Waals surface area contributed by atoms with Gasteiger partial charge in [0.15, 0.2) is 0 Å². The molecular formula is C23H22N4O2. The molecule has 0 saturated carbocycles. The van der Waals surface area contributed by atoms with Gasteiger partial charge in [-0.25, -0.2) is 0 Å². The van der Waals surface area contributed by atoms with Crippen molar-refractivity contribution >= 4 is 11.6 Å². The normalized spacial score (nSPS) is 10.8. The number of anilines is 1. The van der Waals surface area contributed by atoms with Crippen LogP contribution in [-0.2, 0) is 11.3 Å². The van der Waals surface area contributed by atoms with Crippen LogP contribution in [0.3, 0.4) is 0 Å². The molecule has 0 bridgehead atoms. The molecule has 6 nitrogen and oxygen atoms in total. The Hall–Kier alpha value is -3.67. The largest absolute Gasteiger partial charge is 0.334 e.